The normalized spacial score (nSPS) is 22.5. The minimum Gasteiger partial charge on any atom is -0.512 e. The molecule has 0 saturated carbocycles. The molecule has 0 spiro atoms. The third-order valence-corrected chi connectivity index (χ3v) is 2.44. The molecule has 0 saturated heterocycles. The summed E-state index contributed by atoms with van der Waals surface area (Å²) in [5, 5.41) is 9.50. The first kappa shape index (κ1) is 8.30. The zero-order chi connectivity index (χ0) is 9.26. The number of aliphatic hydroxyl groups excluding tert-OH is 1. The first-order valence-electron chi connectivity index (χ1n) is 4.61. The van der Waals surface area contributed by atoms with Crippen LogP contribution >= 0.6 is 0 Å². The molecular weight excluding hydrogens is 164 g/mol. The first-order valence-corrected chi connectivity index (χ1v) is 4.61. The molecule has 2 aliphatic carbocycles. The van der Waals surface area contributed by atoms with Gasteiger partial charge in [0.25, 0.3) is 0 Å². The summed E-state index contributed by atoms with van der Waals surface area (Å²) in [6.07, 6.45) is 8.97. The van der Waals surface area contributed by atoms with Gasteiger partial charge in [0, 0.05) is 12.8 Å². The van der Waals surface area contributed by atoms with Crippen molar-refractivity contribution in [3.63, 3.8) is 0 Å². The van der Waals surface area contributed by atoms with Gasteiger partial charge in [-0.1, -0.05) is 18.2 Å². The van der Waals surface area contributed by atoms with Gasteiger partial charge in [-0.25, -0.2) is 0 Å². The van der Waals surface area contributed by atoms with Crippen LogP contribution in [0.2, 0.25) is 0 Å². The Hall–Kier alpha value is -1.31. The number of rotatable bonds is 1. The summed E-state index contributed by atoms with van der Waals surface area (Å²) in [5.74, 6) is 0.345. The van der Waals surface area contributed by atoms with E-state index in [1.54, 1.807) is 0 Å². The van der Waals surface area contributed by atoms with E-state index in [1.165, 1.54) is 0 Å². The van der Waals surface area contributed by atoms with E-state index in [2.05, 4.69) is 0 Å². The van der Waals surface area contributed by atoms with Crippen LogP contribution in [0.15, 0.2) is 35.1 Å². The molecule has 0 unspecified atom stereocenters. The average molecular weight is 176 g/mol. The van der Waals surface area contributed by atoms with Crippen LogP contribution in [0.1, 0.15) is 25.7 Å². The van der Waals surface area contributed by atoms with Gasteiger partial charge in [0.1, 0.15) is 5.76 Å². The van der Waals surface area contributed by atoms with Gasteiger partial charge in [-0.2, -0.15) is 0 Å². The summed E-state index contributed by atoms with van der Waals surface area (Å²) in [6, 6.07) is 0. The van der Waals surface area contributed by atoms with Gasteiger partial charge in [0.05, 0.1) is 5.57 Å². The van der Waals surface area contributed by atoms with Crippen LogP contribution in [0.3, 0.4) is 0 Å². The Balaban J connectivity index is 2.34. The molecule has 0 heterocycles. The zero-order valence-corrected chi connectivity index (χ0v) is 7.42. The van der Waals surface area contributed by atoms with E-state index >= 15 is 0 Å². The number of hydrogen-bond acceptors (Lipinski definition) is 2. The van der Waals surface area contributed by atoms with Crippen molar-refractivity contribution >= 4 is 5.78 Å². The summed E-state index contributed by atoms with van der Waals surface area (Å²) < 4.78 is 0. The number of allylic oxidation sites excluding steroid dienone is 6. The molecule has 0 atom stereocenters. The molecule has 1 N–H and O–H groups in total. The fourth-order valence-corrected chi connectivity index (χ4v) is 1.77. The fourth-order valence-electron chi connectivity index (χ4n) is 1.77. The van der Waals surface area contributed by atoms with Gasteiger partial charge in [-0.05, 0) is 18.4 Å². The van der Waals surface area contributed by atoms with Crippen LogP contribution in [-0.4, -0.2) is 10.9 Å². The maximum absolute atomic E-state index is 11.4. The molecule has 0 aromatic carbocycles. The lowest BCUT2D eigenvalue weighted by Gasteiger charge is -2.06. The van der Waals surface area contributed by atoms with Crippen LogP contribution < -0.4 is 0 Å². The van der Waals surface area contributed by atoms with Crippen LogP contribution in [0, 0.1) is 0 Å². The lowest BCUT2D eigenvalue weighted by molar-refractivity contribution is -0.114. The number of hydrogen-bond donors (Lipinski definition) is 1. The molecule has 0 fully saturated rings. The van der Waals surface area contributed by atoms with Crippen LogP contribution in [0.25, 0.3) is 0 Å². The van der Waals surface area contributed by atoms with Crippen LogP contribution in [-0.2, 0) is 4.79 Å². The third-order valence-electron chi connectivity index (χ3n) is 2.44. The lowest BCUT2D eigenvalue weighted by atomic mass is 9.98. The minimum absolute atomic E-state index is 0.0790. The largest absolute Gasteiger partial charge is 0.512 e. The van der Waals surface area contributed by atoms with Gasteiger partial charge in [0.2, 0.25) is 0 Å². The van der Waals surface area contributed by atoms with Crippen molar-refractivity contribution in [2.45, 2.75) is 25.7 Å². The van der Waals surface area contributed by atoms with E-state index in [9.17, 15) is 9.90 Å². The first-order chi connectivity index (χ1) is 6.29. The molecule has 2 nitrogen and oxygen atoms in total. The Labute approximate surface area is 77.3 Å². The molecule has 0 amide bonds. The van der Waals surface area contributed by atoms with Crippen molar-refractivity contribution in [1.82, 2.24) is 0 Å². The Morgan fingerprint density at radius 2 is 2.08 bits per heavy atom. The Morgan fingerprint density at radius 3 is 2.62 bits per heavy atom. The number of Topliss-reactive ketones (excluding diaryl/α,β-unsaturated/α-hetero) is 1. The van der Waals surface area contributed by atoms with Crippen molar-refractivity contribution in [1.29, 1.82) is 0 Å². The Kier molecular flexibility index (Phi) is 2.05. The van der Waals surface area contributed by atoms with E-state index in [1.807, 2.05) is 18.2 Å². The number of aliphatic hydroxyl groups is 1. The van der Waals surface area contributed by atoms with Crippen molar-refractivity contribution in [3.8, 4) is 0 Å². The Bertz CT molecular complexity index is 332. The summed E-state index contributed by atoms with van der Waals surface area (Å²) in [6.45, 7) is 0. The number of ketones is 1. The standard InChI is InChI=1S/C11H12O2/c12-9-6-7-10(13)11(9)8-4-2-1-3-5-8/h2,4-5,12H,1,3,6-7H2. The summed E-state index contributed by atoms with van der Waals surface area (Å²) in [5.41, 5.74) is 1.46. The predicted molar refractivity (Wildman–Crippen MR) is 50.4 cm³/mol. The maximum Gasteiger partial charge on any atom is 0.167 e. The quantitative estimate of drug-likeness (QED) is 0.666. The smallest absolute Gasteiger partial charge is 0.167 e. The Morgan fingerprint density at radius 1 is 1.23 bits per heavy atom. The van der Waals surface area contributed by atoms with Gasteiger partial charge in [-0.3, -0.25) is 4.79 Å². The SMILES string of the molecule is O=C1CCC(O)=C1C1=CCCC=C1. The van der Waals surface area contributed by atoms with Gasteiger partial charge >= 0.3 is 0 Å². The molecule has 2 rings (SSSR count). The van der Waals surface area contributed by atoms with Crippen molar-refractivity contribution < 1.29 is 9.90 Å². The van der Waals surface area contributed by atoms with E-state index in [0.29, 0.717) is 18.4 Å². The highest BCUT2D eigenvalue weighted by atomic mass is 16.3. The molecule has 0 aromatic rings. The highest BCUT2D eigenvalue weighted by Crippen LogP contribution is 2.29. The maximum atomic E-state index is 11.4. The topological polar surface area (TPSA) is 37.3 Å². The van der Waals surface area contributed by atoms with Crippen LogP contribution in [0.5, 0.6) is 0 Å². The molecule has 13 heavy (non-hydrogen) atoms. The third kappa shape index (κ3) is 1.44. The molecule has 2 aliphatic rings. The summed E-state index contributed by atoms with van der Waals surface area (Å²) >= 11 is 0. The summed E-state index contributed by atoms with van der Waals surface area (Å²) in [7, 11) is 0. The number of carbonyl (C=O) groups excluding carboxylic acids is 1. The summed E-state index contributed by atoms with van der Waals surface area (Å²) in [4.78, 5) is 11.4. The molecule has 68 valence electrons. The molecule has 0 aliphatic heterocycles. The highest BCUT2D eigenvalue weighted by molar-refractivity contribution is 6.03. The highest BCUT2D eigenvalue weighted by Gasteiger charge is 2.24. The van der Waals surface area contributed by atoms with E-state index < -0.39 is 0 Å². The van der Waals surface area contributed by atoms with Crippen molar-refractivity contribution in [2.24, 2.45) is 0 Å². The van der Waals surface area contributed by atoms with Gasteiger partial charge < -0.3 is 5.11 Å². The van der Waals surface area contributed by atoms with E-state index in [0.717, 1.165) is 18.4 Å². The lowest BCUT2D eigenvalue weighted by Crippen LogP contribution is -2.00. The van der Waals surface area contributed by atoms with Gasteiger partial charge in [0.15, 0.2) is 5.78 Å². The zero-order valence-electron chi connectivity index (χ0n) is 7.42. The molecular formula is C11H12O2. The molecule has 0 radical (unpaired) electrons. The van der Waals surface area contributed by atoms with Gasteiger partial charge in [-0.15, -0.1) is 0 Å². The van der Waals surface area contributed by atoms with Crippen molar-refractivity contribution in [3.05, 3.63) is 35.1 Å². The molecule has 2 heteroatoms. The van der Waals surface area contributed by atoms with Crippen molar-refractivity contribution in [2.75, 3.05) is 0 Å². The number of carbonyl (C=O) groups is 1. The fraction of sp³-hybridized carbons (Fsp3) is 0.364. The van der Waals surface area contributed by atoms with Crippen LogP contribution in [0.4, 0.5) is 0 Å². The minimum atomic E-state index is 0.0790. The average Bonchev–Trinajstić information content (AvgIpc) is 2.48. The van der Waals surface area contributed by atoms with E-state index in [-0.39, 0.29) is 11.5 Å². The van der Waals surface area contributed by atoms with E-state index in [4.69, 9.17) is 0 Å². The monoisotopic (exact) mass is 176 g/mol. The second-order valence-corrected chi connectivity index (χ2v) is 3.38. The second-order valence-electron chi connectivity index (χ2n) is 3.38. The predicted octanol–water partition coefficient (Wildman–Crippen LogP) is 2.44. The molecule has 0 aromatic heterocycles. The second kappa shape index (κ2) is 3.21. The molecule has 0 bridgehead atoms.